The fourth-order valence-electron chi connectivity index (χ4n) is 5.17. The van der Waals surface area contributed by atoms with Gasteiger partial charge in [-0.3, -0.25) is 0 Å². The Morgan fingerprint density at radius 3 is 2.00 bits per heavy atom. The van der Waals surface area contributed by atoms with Crippen molar-refractivity contribution in [3.63, 3.8) is 0 Å². The first-order chi connectivity index (χ1) is 20.3. The van der Waals surface area contributed by atoms with Crippen LogP contribution in [0, 0.1) is 6.92 Å². The normalized spacial score (nSPS) is 12.0. The van der Waals surface area contributed by atoms with E-state index in [9.17, 15) is 4.79 Å². The van der Waals surface area contributed by atoms with Gasteiger partial charge in [-0.2, -0.15) is 0 Å². The third-order valence-electron chi connectivity index (χ3n) is 7.49. The molecule has 0 aliphatic rings. The van der Waals surface area contributed by atoms with Gasteiger partial charge in [0.15, 0.2) is 6.10 Å². The predicted octanol–water partition coefficient (Wildman–Crippen LogP) is 8.55. The fraction of sp³-hybridized carbons (Fsp3) is 0.306. The Morgan fingerprint density at radius 1 is 0.810 bits per heavy atom. The minimum absolute atomic E-state index is 0.217. The lowest BCUT2D eigenvalue weighted by Gasteiger charge is -2.25. The van der Waals surface area contributed by atoms with Crippen LogP contribution >= 0.6 is 23.2 Å². The minimum atomic E-state index is -0.649. The van der Waals surface area contributed by atoms with Gasteiger partial charge in [-0.15, -0.1) is 0 Å². The lowest BCUT2D eigenvalue weighted by Crippen LogP contribution is -2.29. The largest absolute Gasteiger partial charge is 0.479 e. The van der Waals surface area contributed by atoms with Crippen molar-refractivity contribution in [1.29, 1.82) is 0 Å². The van der Waals surface area contributed by atoms with E-state index in [0.717, 1.165) is 42.4 Å². The molecule has 4 rings (SSSR count). The number of aryl methyl sites for hydroxylation is 3. The van der Waals surface area contributed by atoms with Crippen molar-refractivity contribution in [3.05, 3.63) is 135 Å². The summed E-state index contributed by atoms with van der Waals surface area (Å²) < 4.78 is 11.1. The summed E-state index contributed by atoms with van der Waals surface area (Å²) in [4.78, 5) is 14.8. The lowest BCUT2D eigenvalue weighted by atomic mass is 9.91. The predicted molar refractivity (Wildman–Crippen MR) is 173 cm³/mol. The monoisotopic (exact) mass is 603 g/mol. The molecule has 0 aliphatic carbocycles. The summed E-state index contributed by atoms with van der Waals surface area (Å²) in [5.74, 6) is 0.532. The summed E-state index contributed by atoms with van der Waals surface area (Å²) >= 11 is 12.3. The van der Waals surface area contributed by atoms with Gasteiger partial charge in [-0.1, -0.05) is 89.4 Å². The molecule has 0 bridgehead atoms. The van der Waals surface area contributed by atoms with Crippen molar-refractivity contribution < 1.29 is 14.3 Å². The summed E-state index contributed by atoms with van der Waals surface area (Å²) in [7, 11) is 3.57. The Bertz CT molecular complexity index is 1360. The fourth-order valence-corrected chi connectivity index (χ4v) is 5.42. The molecule has 0 aliphatic heterocycles. The molecule has 0 aromatic heterocycles. The van der Waals surface area contributed by atoms with Gasteiger partial charge in [-0.05, 0) is 105 Å². The first-order valence-electron chi connectivity index (χ1n) is 14.4. The number of carbonyl (C=O) groups excluding carboxylic acids is 1. The van der Waals surface area contributed by atoms with Gasteiger partial charge >= 0.3 is 5.97 Å². The number of hydrogen-bond donors (Lipinski definition) is 0. The molecule has 1 unspecified atom stereocenters. The molecule has 4 nitrogen and oxygen atoms in total. The molecule has 0 saturated carbocycles. The number of halogens is 2. The Morgan fingerprint density at radius 2 is 1.43 bits per heavy atom. The lowest BCUT2D eigenvalue weighted by molar-refractivity contribution is -0.149. The van der Waals surface area contributed by atoms with Crippen LogP contribution in [0.1, 0.15) is 46.6 Å². The van der Waals surface area contributed by atoms with E-state index >= 15 is 0 Å². The Balaban J connectivity index is 1.30. The van der Waals surface area contributed by atoms with Gasteiger partial charge in [-0.25, -0.2) is 4.79 Å². The Kier molecular flexibility index (Phi) is 11.9. The van der Waals surface area contributed by atoms with Crippen LogP contribution in [0.3, 0.4) is 0 Å². The third-order valence-corrected chi connectivity index (χ3v) is 7.99. The molecule has 1 atom stereocenters. The second-order valence-electron chi connectivity index (χ2n) is 10.8. The van der Waals surface area contributed by atoms with E-state index in [-0.39, 0.29) is 11.9 Å². The maximum absolute atomic E-state index is 12.4. The van der Waals surface area contributed by atoms with Crippen molar-refractivity contribution in [2.45, 2.75) is 44.6 Å². The highest BCUT2D eigenvalue weighted by atomic mass is 35.5. The topological polar surface area (TPSA) is 38.8 Å². The summed E-state index contributed by atoms with van der Waals surface area (Å²) in [6.45, 7) is 3.91. The Labute approximate surface area is 260 Å². The summed E-state index contributed by atoms with van der Waals surface area (Å²) in [5.41, 5.74) is 6.08. The van der Waals surface area contributed by atoms with E-state index in [1.807, 2.05) is 42.5 Å². The van der Waals surface area contributed by atoms with E-state index in [2.05, 4.69) is 73.5 Å². The number of likely N-dealkylation sites (N-methyl/N-ethyl adjacent to an activating group) is 1. The van der Waals surface area contributed by atoms with Crippen molar-refractivity contribution in [1.82, 2.24) is 4.90 Å². The standard InChI is InChI=1S/C36H39Cl2NO3/c1-26-6-4-7-28(24-26)11-22-35(36(40)41-3)42-33-20-9-27(10-21-33)8-5-23-39(2)25-34(29-12-16-31(37)17-13-29)30-14-18-32(38)19-15-30/h4,6-7,9-10,12-21,24,34-35H,5,8,11,22-23,25H2,1-3H3. The zero-order valence-electron chi connectivity index (χ0n) is 24.6. The van der Waals surface area contributed by atoms with Crippen LogP contribution in [0.5, 0.6) is 5.75 Å². The molecule has 42 heavy (non-hydrogen) atoms. The average molecular weight is 605 g/mol. The molecule has 0 radical (unpaired) electrons. The van der Waals surface area contributed by atoms with Gasteiger partial charge < -0.3 is 14.4 Å². The van der Waals surface area contributed by atoms with E-state index in [4.69, 9.17) is 32.7 Å². The highest BCUT2D eigenvalue weighted by Gasteiger charge is 2.21. The smallest absolute Gasteiger partial charge is 0.347 e. The van der Waals surface area contributed by atoms with Crippen LogP contribution in [0.15, 0.2) is 97.1 Å². The average Bonchev–Trinajstić information content (AvgIpc) is 2.99. The molecule has 0 N–H and O–H groups in total. The zero-order chi connectivity index (χ0) is 29.9. The van der Waals surface area contributed by atoms with E-state index < -0.39 is 6.10 Å². The molecule has 0 spiro atoms. The number of benzene rings is 4. The molecule has 6 heteroatoms. The van der Waals surface area contributed by atoms with E-state index in [0.29, 0.717) is 12.2 Å². The van der Waals surface area contributed by atoms with Gasteiger partial charge in [0.25, 0.3) is 0 Å². The molecule has 4 aromatic rings. The van der Waals surface area contributed by atoms with Crippen LogP contribution in [-0.2, 0) is 22.4 Å². The number of ether oxygens (including phenoxy) is 2. The highest BCUT2D eigenvalue weighted by molar-refractivity contribution is 6.30. The molecule has 4 aromatic carbocycles. The van der Waals surface area contributed by atoms with Crippen LogP contribution in [0.4, 0.5) is 0 Å². The van der Waals surface area contributed by atoms with Gasteiger partial charge in [0.1, 0.15) is 5.75 Å². The van der Waals surface area contributed by atoms with Crippen molar-refractivity contribution in [2.75, 3.05) is 27.2 Å². The van der Waals surface area contributed by atoms with Crippen LogP contribution in [0.25, 0.3) is 0 Å². The number of nitrogens with zero attached hydrogens (tertiary/aromatic N) is 1. The van der Waals surface area contributed by atoms with Crippen molar-refractivity contribution in [2.24, 2.45) is 0 Å². The summed E-state index contributed by atoms with van der Waals surface area (Å²) in [6, 6.07) is 32.6. The second-order valence-corrected chi connectivity index (χ2v) is 11.7. The van der Waals surface area contributed by atoms with Crippen LogP contribution in [-0.4, -0.2) is 44.2 Å². The molecule has 0 saturated heterocycles. The summed E-state index contributed by atoms with van der Waals surface area (Å²) in [5, 5.41) is 1.47. The first kappa shape index (κ1) is 31.6. The zero-order valence-corrected chi connectivity index (χ0v) is 26.1. The van der Waals surface area contributed by atoms with Gasteiger partial charge in [0, 0.05) is 22.5 Å². The van der Waals surface area contributed by atoms with E-state index in [1.165, 1.54) is 34.9 Å². The van der Waals surface area contributed by atoms with Crippen LogP contribution < -0.4 is 4.74 Å². The molecule has 0 amide bonds. The van der Waals surface area contributed by atoms with Crippen LogP contribution in [0.2, 0.25) is 10.0 Å². The SMILES string of the molecule is COC(=O)C(CCc1cccc(C)c1)Oc1ccc(CCCN(C)CC(c2ccc(Cl)cc2)c2ccc(Cl)cc2)cc1. The maximum Gasteiger partial charge on any atom is 0.347 e. The quantitative estimate of drug-likeness (QED) is 0.135. The first-order valence-corrected chi connectivity index (χ1v) is 15.1. The molecule has 0 fully saturated rings. The van der Waals surface area contributed by atoms with E-state index in [1.54, 1.807) is 0 Å². The number of rotatable bonds is 14. The molecular weight excluding hydrogens is 565 g/mol. The van der Waals surface area contributed by atoms with Crippen molar-refractivity contribution >= 4 is 29.2 Å². The minimum Gasteiger partial charge on any atom is -0.479 e. The molecule has 0 heterocycles. The number of hydrogen-bond acceptors (Lipinski definition) is 4. The third kappa shape index (κ3) is 9.62. The molecule has 220 valence electrons. The Hall–Kier alpha value is -3.31. The molecular formula is C36H39Cl2NO3. The maximum atomic E-state index is 12.4. The second kappa shape index (κ2) is 15.8. The highest BCUT2D eigenvalue weighted by Crippen LogP contribution is 2.28. The van der Waals surface area contributed by atoms with Crippen molar-refractivity contribution in [3.8, 4) is 5.75 Å². The number of esters is 1. The summed E-state index contributed by atoms with van der Waals surface area (Å²) in [6.07, 6.45) is 2.61. The van der Waals surface area contributed by atoms with Gasteiger partial charge in [0.05, 0.1) is 7.11 Å². The van der Waals surface area contributed by atoms with Gasteiger partial charge in [0.2, 0.25) is 0 Å². The number of carbonyl (C=O) groups is 1. The number of methoxy groups -OCH3 is 1.